The minimum absolute atomic E-state index is 0.249. The molecule has 0 radical (unpaired) electrons. The van der Waals surface area contributed by atoms with E-state index in [9.17, 15) is 18.0 Å². The van der Waals surface area contributed by atoms with Crippen molar-refractivity contribution in [2.75, 3.05) is 6.54 Å². The maximum atomic E-state index is 13.5. The van der Waals surface area contributed by atoms with Crippen LogP contribution in [0.25, 0.3) is 0 Å². The molecule has 2 heterocycles. The van der Waals surface area contributed by atoms with Gasteiger partial charge in [0.15, 0.2) is 0 Å². The molecule has 1 aliphatic heterocycles. The Morgan fingerprint density at radius 1 is 1.16 bits per heavy atom. The van der Waals surface area contributed by atoms with Crippen LogP contribution in [0.4, 0.5) is 18.0 Å². The number of likely N-dealkylation sites (tertiary alicyclic amines) is 1. The van der Waals surface area contributed by atoms with Crippen LogP contribution in [-0.2, 0) is 12.7 Å². The fraction of sp³-hybridized carbons (Fsp3) is 0.444. The summed E-state index contributed by atoms with van der Waals surface area (Å²) in [4.78, 5) is 19.9. The van der Waals surface area contributed by atoms with Gasteiger partial charge in [0.2, 0.25) is 0 Å². The van der Waals surface area contributed by atoms with E-state index in [1.165, 1.54) is 0 Å². The number of hydrogen-bond acceptors (Lipinski definition) is 3. The van der Waals surface area contributed by atoms with Crippen molar-refractivity contribution in [1.29, 1.82) is 0 Å². The monoisotopic (exact) mass is 533 g/mol. The van der Waals surface area contributed by atoms with Crippen molar-refractivity contribution in [3.63, 3.8) is 0 Å². The summed E-state index contributed by atoms with van der Waals surface area (Å²) in [5, 5.41) is 8.30. The maximum Gasteiger partial charge on any atom is 0.416 e. The van der Waals surface area contributed by atoms with Crippen molar-refractivity contribution in [1.82, 2.24) is 25.0 Å². The van der Waals surface area contributed by atoms with E-state index in [0.29, 0.717) is 41.5 Å². The van der Waals surface area contributed by atoms with Crippen molar-refractivity contribution < 1.29 is 18.0 Å². The lowest BCUT2D eigenvalue weighted by molar-refractivity contribution is -0.137. The number of halogens is 4. The summed E-state index contributed by atoms with van der Waals surface area (Å²) in [7, 11) is 0. The Hall–Kier alpha value is -3.07. The zero-order valence-corrected chi connectivity index (χ0v) is 22.1. The van der Waals surface area contributed by atoms with Gasteiger partial charge in [-0.3, -0.25) is 0 Å². The first kappa shape index (κ1) is 27.0. The number of carbonyl (C=O) groups excluding carboxylic acids is 1. The van der Waals surface area contributed by atoms with Gasteiger partial charge >= 0.3 is 12.2 Å². The van der Waals surface area contributed by atoms with Gasteiger partial charge in [0, 0.05) is 11.6 Å². The van der Waals surface area contributed by atoms with Crippen LogP contribution in [0.1, 0.15) is 77.7 Å². The third-order valence-electron chi connectivity index (χ3n) is 6.84. The Kier molecular flexibility index (Phi) is 7.83. The summed E-state index contributed by atoms with van der Waals surface area (Å²) >= 11 is 6.02. The summed E-state index contributed by atoms with van der Waals surface area (Å²) < 4.78 is 41.7. The molecule has 3 aromatic rings. The van der Waals surface area contributed by atoms with E-state index in [0.717, 1.165) is 41.9 Å². The Bertz CT molecular complexity index is 1250. The van der Waals surface area contributed by atoms with E-state index < -0.39 is 17.8 Å². The quantitative estimate of drug-likeness (QED) is 0.374. The Balaban J connectivity index is 1.56. The largest absolute Gasteiger partial charge is 0.416 e. The van der Waals surface area contributed by atoms with Crippen molar-refractivity contribution in [2.24, 2.45) is 0 Å². The molecule has 1 N–H and O–H groups in total. The van der Waals surface area contributed by atoms with Gasteiger partial charge < -0.3 is 10.2 Å². The van der Waals surface area contributed by atoms with E-state index in [2.05, 4.69) is 15.4 Å². The number of benzene rings is 2. The van der Waals surface area contributed by atoms with Gasteiger partial charge in [-0.15, -0.1) is 0 Å². The molecular weight excluding hydrogens is 503 g/mol. The molecule has 1 aromatic heterocycles. The summed E-state index contributed by atoms with van der Waals surface area (Å²) in [6.45, 7) is 8.12. The molecule has 1 saturated heterocycles. The van der Waals surface area contributed by atoms with Gasteiger partial charge in [-0.2, -0.15) is 18.3 Å². The Morgan fingerprint density at radius 3 is 2.41 bits per heavy atom. The van der Waals surface area contributed by atoms with E-state index in [1.807, 2.05) is 42.8 Å². The molecule has 1 aliphatic rings. The molecule has 2 aromatic carbocycles. The normalized spacial score (nSPS) is 16.8. The highest BCUT2D eigenvalue weighted by Crippen LogP contribution is 2.36. The van der Waals surface area contributed by atoms with Crippen molar-refractivity contribution in [3.05, 3.63) is 80.9 Å². The summed E-state index contributed by atoms with van der Waals surface area (Å²) in [6, 6.07) is 8.90. The van der Waals surface area contributed by atoms with Gasteiger partial charge in [0.25, 0.3) is 0 Å². The first-order chi connectivity index (χ1) is 17.5. The SMILES string of the molecule is CC[C@H](NC(=O)N1CCC[C@@H]1c1nc(C)nn1Cc1ccc(Cl)cc1)c1c(C)cc(C(F)(F)F)cc1C. The number of urea groups is 1. The number of rotatable bonds is 6. The number of hydrogen-bond donors (Lipinski definition) is 1. The Morgan fingerprint density at radius 2 is 1.81 bits per heavy atom. The van der Waals surface area contributed by atoms with E-state index in [-0.39, 0.29) is 12.1 Å². The lowest BCUT2D eigenvalue weighted by Gasteiger charge is -2.29. The molecule has 0 saturated carbocycles. The molecule has 2 atom stereocenters. The number of nitrogens with zero attached hydrogens (tertiary/aromatic N) is 4. The highest BCUT2D eigenvalue weighted by atomic mass is 35.5. The summed E-state index contributed by atoms with van der Waals surface area (Å²) in [5.41, 5.74) is 2.08. The molecule has 4 rings (SSSR count). The van der Waals surface area contributed by atoms with Crippen LogP contribution in [0.2, 0.25) is 5.02 Å². The predicted molar refractivity (Wildman–Crippen MR) is 136 cm³/mol. The Labute approximate surface area is 219 Å². The van der Waals surface area contributed by atoms with Crippen molar-refractivity contribution >= 4 is 17.6 Å². The van der Waals surface area contributed by atoms with E-state index >= 15 is 0 Å². The zero-order valence-electron chi connectivity index (χ0n) is 21.4. The zero-order chi connectivity index (χ0) is 26.9. The maximum absolute atomic E-state index is 13.5. The number of aryl methyl sites for hydroxylation is 3. The smallest absolute Gasteiger partial charge is 0.331 e. The standard InChI is InChI=1S/C27H31ClF3N5O/c1-5-22(24-16(2)13-20(14-17(24)3)27(29,30)31)33-26(37)35-12-6-7-23(35)25-32-18(4)34-36(25)15-19-8-10-21(28)11-9-19/h8-11,13-14,22-23H,5-7,12,15H2,1-4H3,(H,33,37)/t22-,23+/m0/s1. The number of nitrogens with one attached hydrogen (secondary N) is 1. The summed E-state index contributed by atoms with van der Waals surface area (Å²) in [6.07, 6.45) is -2.30. The molecular formula is C27H31ClF3N5O. The van der Waals surface area contributed by atoms with E-state index in [1.54, 1.807) is 18.7 Å². The molecule has 0 aliphatic carbocycles. The van der Waals surface area contributed by atoms with Crippen LogP contribution in [-0.4, -0.2) is 32.2 Å². The highest BCUT2D eigenvalue weighted by Gasteiger charge is 2.36. The number of aromatic nitrogens is 3. The molecule has 37 heavy (non-hydrogen) atoms. The van der Waals surface area contributed by atoms with Gasteiger partial charge in [-0.1, -0.05) is 30.7 Å². The van der Waals surface area contributed by atoms with Crippen LogP contribution in [0.5, 0.6) is 0 Å². The van der Waals surface area contributed by atoms with Crippen LogP contribution in [0, 0.1) is 20.8 Å². The van der Waals surface area contributed by atoms with Crippen molar-refractivity contribution in [3.8, 4) is 0 Å². The molecule has 0 bridgehead atoms. The molecule has 1 fully saturated rings. The second-order valence-electron chi connectivity index (χ2n) is 9.58. The first-order valence-electron chi connectivity index (χ1n) is 12.4. The van der Waals surface area contributed by atoms with Gasteiger partial charge in [0.05, 0.1) is 24.2 Å². The summed E-state index contributed by atoms with van der Waals surface area (Å²) in [5.74, 6) is 1.34. The second-order valence-corrected chi connectivity index (χ2v) is 10.0. The lowest BCUT2D eigenvalue weighted by atomic mass is 9.92. The molecule has 198 valence electrons. The fourth-order valence-electron chi connectivity index (χ4n) is 5.17. The minimum atomic E-state index is -4.41. The first-order valence-corrected chi connectivity index (χ1v) is 12.8. The average molecular weight is 534 g/mol. The number of amides is 2. The van der Waals surface area contributed by atoms with Crippen LogP contribution < -0.4 is 5.32 Å². The average Bonchev–Trinajstić information content (AvgIpc) is 3.45. The topological polar surface area (TPSA) is 63.1 Å². The molecule has 2 amide bonds. The minimum Gasteiger partial charge on any atom is -0.331 e. The molecule has 0 spiro atoms. The third-order valence-corrected chi connectivity index (χ3v) is 7.09. The van der Waals surface area contributed by atoms with Crippen LogP contribution >= 0.6 is 11.6 Å². The van der Waals surface area contributed by atoms with Crippen molar-refractivity contribution in [2.45, 2.75) is 71.8 Å². The number of carbonyl (C=O) groups is 1. The number of alkyl halides is 3. The predicted octanol–water partition coefficient (Wildman–Crippen LogP) is 6.92. The third kappa shape index (κ3) is 5.92. The second kappa shape index (κ2) is 10.7. The van der Waals surface area contributed by atoms with Crippen LogP contribution in [0.3, 0.4) is 0 Å². The van der Waals surface area contributed by atoms with E-state index in [4.69, 9.17) is 11.6 Å². The molecule has 10 heteroatoms. The fourth-order valence-corrected chi connectivity index (χ4v) is 5.30. The molecule has 6 nitrogen and oxygen atoms in total. The van der Waals surface area contributed by atoms with Gasteiger partial charge in [-0.05, 0) is 86.6 Å². The highest BCUT2D eigenvalue weighted by molar-refractivity contribution is 6.30. The van der Waals surface area contributed by atoms with Crippen LogP contribution in [0.15, 0.2) is 36.4 Å². The molecule has 0 unspecified atom stereocenters. The lowest BCUT2D eigenvalue weighted by Crippen LogP contribution is -2.42. The van der Waals surface area contributed by atoms with Gasteiger partial charge in [0.1, 0.15) is 11.6 Å². The van der Waals surface area contributed by atoms with Gasteiger partial charge in [-0.25, -0.2) is 14.5 Å².